The van der Waals surface area contributed by atoms with Gasteiger partial charge in [-0.1, -0.05) is 11.6 Å². The number of nitrogens with one attached hydrogen (secondary N) is 1. The smallest absolute Gasteiger partial charge is 0.321 e. The van der Waals surface area contributed by atoms with E-state index >= 15 is 0 Å². The first-order chi connectivity index (χ1) is 15.4. The van der Waals surface area contributed by atoms with Gasteiger partial charge in [0.15, 0.2) is 5.65 Å². The highest BCUT2D eigenvalue weighted by Crippen LogP contribution is 2.42. The predicted molar refractivity (Wildman–Crippen MR) is 116 cm³/mol. The second-order valence-corrected chi connectivity index (χ2v) is 8.57. The molecule has 0 spiro atoms. The fourth-order valence-corrected chi connectivity index (χ4v) is 4.24. The Morgan fingerprint density at radius 2 is 2.06 bits per heavy atom. The third-order valence-corrected chi connectivity index (χ3v) is 5.89. The average Bonchev–Trinajstić information content (AvgIpc) is 3.33. The molecule has 1 N–H and O–H groups in total. The van der Waals surface area contributed by atoms with E-state index in [1.807, 2.05) is 6.07 Å². The fraction of sp³-hybridized carbons (Fsp3) is 0.364. The number of ether oxygens (including phenoxy) is 1. The number of esters is 1. The first-order valence-corrected chi connectivity index (χ1v) is 10.8. The molecule has 0 unspecified atom stereocenters. The van der Waals surface area contributed by atoms with Gasteiger partial charge in [-0.3, -0.25) is 4.79 Å². The molecule has 2 aromatic heterocycles. The number of fused-ring (bicyclic) bond motifs is 1. The molecule has 0 radical (unpaired) electrons. The lowest BCUT2D eigenvalue weighted by atomic mass is 10.1. The van der Waals surface area contributed by atoms with Gasteiger partial charge in [0, 0.05) is 36.7 Å². The number of rotatable bonds is 4. The van der Waals surface area contributed by atoms with E-state index < -0.39 is 5.82 Å². The van der Waals surface area contributed by atoms with E-state index in [4.69, 9.17) is 16.3 Å². The van der Waals surface area contributed by atoms with Crippen LogP contribution in [0.25, 0.3) is 16.9 Å². The summed E-state index contributed by atoms with van der Waals surface area (Å²) in [7, 11) is 0. The number of halogens is 2. The van der Waals surface area contributed by atoms with Crippen LogP contribution in [0.1, 0.15) is 37.7 Å². The second-order valence-electron chi connectivity index (χ2n) is 8.18. The Bertz CT molecular complexity index is 1230. The number of aromatic nitrogens is 3. The maximum Gasteiger partial charge on any atom is 0.321 e. The third-order valence-electron chi connectivity index (χ3n) is 5.70. The number of carbonyl (C=O) groups excluding carboxylic acids is 2. The maximum atomic E-state index is 14.9. The molecule has 166 valence electrons. The summed E-state index contributed by atoms with van der Waals surface area (Å²) < 4.78 is 21.7. The Hall–Kier alpha value is -3.20. The highest BCUT2D eigenvalue weighted by molar-refractivity contribution is 6.29. The molecule has 32 heavy (non-hydrogen) atoms. The molecule has 1 aromatic carbocycles. The zero-order chi connectivity index (χ0) is 22.4. The lowest BCUT2D eigenvalue weighted by molar-refractivity contribution is -0.145. The Kier molecular flexibility index (Phi) is 5.21. The average molecular weight is 458 g/mol. The van der Waals surface area contributed by atoms with E-state index in [1.165, 1.54) is 17.9 Å². The first-order valence-electron chi connectivity index (χ1n) is 10.5. The van der Waals surface area contributed by atoms with Gasteiger partial charge in [0.2, 0.25) is 0 Å². The Morgan fingerprint density at radius 1 is 1.25 bits per heavy atom. The Morgan fingerprint density at radius 3 is 2.78 bits per heavy atom. The lowest BCUT2D eigenvalue weighted by Crippen LogP contribution is -2.34. The van der Waals surface area contributed by atoms with Gasteiger partial charge >= 0.3 is 12.0 Å². The van der Waals surface area contributed by atoms with Crippen molar-refractivity contribution in [1.29, 1.82) is 0 Å². The number of anilines is 1. The zero-order valence-electron chi connectivity index (χ0n) is 17.3. The number of nitrogens with zero attached hydrogens (tertiary/aromatic N) is 4. The van der Waals surface area contributed by atoms with Crippen LogP contribution in [0.3, 0.4) is 0 Å². The molecule has 1 atom stereocenters. The summed E-state index contributed by atoms with van der Waals surface area (Å²) in [5, 5.41) is 7.32. The number of hydrogen-bond donors (Lipinski definition) is 1. The van der Waals surface area contributed by atoms with Crippen molar-refractivity contribution >= 4 is 34.9 Å². The van der Waals surface area contributed by atoms with Crippen molar-refractivity contribution in [3.63, 3.8) is 0 Å². The molecule has 3 heterocycles. The van der Waals surface area contributed by atoms with Crippen LogP contribution in [-0.2, 0) is 9.53 Å². The van der Waals surface area contributed by atoms with Crippen LogP contribution in [0.2, 0.25) is 5.15 Å². The van der Waals surface area contributed by atoms with E-state index in [1.54, 1.807) is 22.8 Å². The molecule has 1 aliphatic carbocycles. The SMILES string of the molecule is CC(=O)O[C@@H]1CCN(C(=O)Nc2ccc(-c3cn4nc(Cl)cc(C5CC5)c4n3)c(F)c2)C1. The molecule has 0 bridgehead atoms. The van der Waals surface area contributed by atoms with Crippen molar-refractivity contribution in [2.45, 2.75) is 38.2 Å². The fourth-order valence-electron chi connectivity index (χ4n) is 4.04. The van der Waals surface area contributed by atoms with Crippen molar-refractivity contribution in [1.82, 2.24) is 19.5 Å². The predicted octanol–water partition coefficient (Wildman–Crippen LogP) is 4.24. The Balaban J connectivity index is 1.33. The molecule has 2 fully saturated rings. The highest BCUT2D eigenvalue weighted by Gasteiger charge is 2.29. The van der Waals surface area contributed by atoms with Gasteiger partial charge in [0.25, 0.3) is 0 Å². The molecule has 3 aromatic rings. The Labute approximate surface area is 188 Å². The van der Waals surface area contributed by atoms with E-state index in [-0.39, 0.29) is 18.1 Å². The minimum absolute atomic E-state index is 0.308. The minimum Gasteiger partial charge on any atom is -0.461 e. The van der Waals surface area contributed by atoms with E-state index in [9.17, 15) is 14.0 Å². The van der Waals surface area contributed by atoms with Crippen molar-refractivity contribution in [2.24, 2.45) is 0 Å². The van der Waals surface area contributed by atoms with Crippen LogP contribution in [0, 0.1) is 5.82 Å². The van der Waals surface area contributed by atoms with Crippen molar-refractivity contribution in [3.8, 4) is 11.3 Å². The van der Waals surface area contributed by atoms with Gasteiger partial charge in [-0.05, 0) is 43.0 Å². The summed E-state index contributed by atoms with van der Waals surface area (Å²) >= 11 is 6.14. The summed E-state index contributed by atoms with van der Waals surface area (Å²) in [5.74, 6) is -0.463. The molecule has 2 aliphatic rings. The summed E-state index contributed by atoms with van der Waals surface area (Å²) in [6.07, 6.45) is 4.09. The molecular weight excluding hydrogens is 437 g/mol. The molecule has 5 rings (SSSR count). The van der Waals surface area contributed by atoms with Gasteiger partial charge in [0.05, 0.1) is 18.4 Å². The van der Waals surface area contributed by atoms with E-state index in [2.05, 4.69) is 15.4 Å². The normalized spacial score (nSPS) is 18.2. The number of likely N-dealkylation sites (tertiary alicyclic amines) is 1. The van der Waals surface area contributed by atoms with E-state index in [0.717, 1.165) is 18.4 Å². The standard InChI is InChI=1S/C22H21ClFN5O3/c1-12(30)32-15-6-7-28(10-15)22(31)25-14-4-5-16(18(24)8-14)19-11-29-21(26-19)17(13-2-3-13)9-20(23)27-29/h4-5,8-9,11,13,15H,2-3,6-7,10H2,1H3,(H,25,31)/t15-/m1/s1. The van der Waals surface area contributed by atoms with Gasteiger partial charge in [0.1, 0.15) is 17.1 Å². The number of amides is 2. The van der Waals surface area contributed by atoms with Crippen LogP contribution >= 0.6 is 11.6 Å². The van der Waals surface area contributed by atoms with Crippen LogP contribution in [0.5, 0.6) is 0 Å². The molecule has 8 nitrogen and oxygen atoms in total. The zero-order valence-corrected chi connectivity index (χ0v) is 18.1. The monoisotopic (exact) mass is 457 g/mol. The summed E-state index contributed by atoms with van der Waals surface area (Å²) in [4.78, 5) is 29.7. The van der Waals surface area contributed by atoms with Crippen molar-refractivity contribution in [3.05, 3.63) is 47.0 Å². The summed E-state index contributed by atoms with van der Waals surface area (Å²) in [5.41, 5.74) is 2.79. The maximum absolute atomic E-state index is 14.9. The number of imidazole rings is 1. The van der Waals surface area contributed by atoms with Crippen LogP contribution in [0.15, 0.2) is 30.5 Å². The van der Waals surface area contributed by atoms with Gasteiger partial charge in [-0.15, -0.1) is 0 Å². The quantitative estimate of drug-likeness (QED) is 0.592. The molecule has 2 amide bonds. The number of urea groups is 1. The number of benzene rings is 1. The largest absolute Gasteiger partial charge is 0.461 e. The second kappa shape index (κ2) is 8.05. The lowest BCUT2D eigenvalue weighted by Gasteiger charge is -2.17. The van der Waals surface area contributed by atoms with Crippen LogP contribution in [0.4, 0.5) is 14.9 Å². The molecule has 1 aliphatic heterocycles. The van der Waals surface area contributed by atoms with Gasteiger partial charge < -0.3 is 15.0 Å². The molecule has 1 saturated carbocycles. The first kappa shape index (κ1) is 20.7. The van der Waals surface area contributed by atoms with Crippen LogP contribution in [-0.4, -0.2) is 50.7 Å². The summed E-state index contributed by atoms with van der Waals surface area (Å²) in [6.45, 7) is 2.12. The number of hydrogen-bond acceptors (Lipinski definition) is 5. The molecule has 1 saturated heterocycles. The number of carbonyl (C=O) groups is 2. The minimum atomic E-state index is -0.510. The molecular formula is C22H21ClFN5O3. The van der Waals surface area contributed by atoms with Crippen LogP contribution < -0.4 is 5.32 Å². The summed E-state index contributed by atoms with van der Waals surface area (Å²) in [6, 6.07) is 5.93. The van der Waals surface area contributed by atoms with Gasteiger partial charge in [-0.25, -0.2) is 18.7 Å². The third kappa shape index (κ3) is 4.12. The topological polar surface area (TPSA) is 88.8 Å². The van der Waals surface area contributed by atoms with Crippen molar-refractivity contribution in [2.75, 3.05) is 18.4 Å². The van der Waals surface area contributed by atoms with E-state index in [0.29, 0.717) is 53.2 Å². The van der Waals surface area contributed by atoms with Gasteiger partial charge in [-0.2, -0.15) is 5.10 Å². The van der Waals surface area contributed by atoms with Crippen molar-refractivity contribution < 1.29 is 18.7 Å². The molecule has 10 heteroatoms. The highest BCUT2D eigenvalue weighted by atomic mass is 35.5.